The number of anilines is 3. The Kier molecular flexibility index (Phi) is 7.28. The lowest BCUT2D eigenvalue weighted by Gasteiger charge is -2.38. The number of benzene rings is 2. The number of nitrogens with two attached hydrogens (primary N) is 1. The molecule has 2 aliphatic rings. The van der Waals surface area contributed by atoms with Crippen molar-refractivity contribution in [1.82, 2.24) is 29.7 Å². The second kappa shape index (κ2) is 11.3. The fraction of sp³-hybridized carbons (Fsp3) is 0.345. The molecule has 1 saturated carbocycles. The minimum atomic E-state index is -0.403. The molecular formula is C29H33N9O3. The first kappa shape index (κ1) is 26.4. The molecule has 2 fully saturated rings. The molecule has 1 saturated heterocycles. The molecular weight excluding hydrogens is 522 g/mol. The SMILES string of the molecule is CNc1nc(Nc2cccc(OC3CCN(C(N)=O)C(Cc4ccccc4)C3)c2)nc2c1ncn2C(=O)NC1CC1. The normalized spacial score (nSPS) is 18.6. The second-order valence-electron chi connectivity index (χ2n) is 10.4. The first-order chi connectivity index (χ1) is 20.0. The number of carbonyl (C=O) groups excluding carboxylic acids is 2. The molecule has 2 atom stereocenters. The van der Waals surface area contributed by atoms with Crippen molar-refractivity contribution in [1.29, 1.82) is 0 Å². The molecule has 3 heterocycles. The van der Waals surface area contributed by atoms with E-state index in [0.717, 1.165) is 24.1 Å². The third-order valence-electron chi connectivity index (χ3n) is 7.41. The van der Waals surface area contributed by atoms with Crippen LogP contribution in [0.25, 0.3) is 11.2 Å². The molecule has 1 aliphatic carbocycles. The van der Waals surface area contributed by atoms with Gasteiger partial charge in [-0.05, 0) is 37.0 Å². The summed E-state index contributed by atoms with van der Waals surface area (Å²) in [6.07, 6.45) is 5.44. The lowest BCUT2D eigenvalue weighted by atomic mass is 9.94. The summed E-state index contributed by atoms with van der Waals surface area (Å²) in [6.45, 7) is 0.540. The van der Waals surface area contributed by atoms with E-state index in [4.69, 9.17) is 10.5 Å². The monoisotopic (exact) mass is 555 g/mol. The highest BCUT2D eigenvalue weighted by Gasteiger charge is 2.32. The van der Waals surface area contributed by atoms with Crippen LogP contribution in [0.4, 0.5) is 27.0 Å². The number of imidazole rings is 1. The maximum absolute atomic E-state index is 12.7. The standard InChI is InChI=1S/C29H33N9O3/c1-31-25-24-26(38(17-32-24)29(40)34-19-10-11-19)36-28(35-25)33-20-8-5-9-22(15-20)41-23-12-13-37(27(30)39)21(16-23)14-18-6-3-2-4-7-18/h2-9,15,17,19,21,23H,10-14,16H2,1H3,(H2,30,39)(H,34,40)(H2,31,33,35,36). The van der Waals surface area contributed by atoms with Gasteiger partial charge in [0, 0.05) is 50.3 Å². The molecule has 0 radical (unpaired) electrons. The topological polar surface area (TPSA) is 152 Å². The largest absolute Gasteiger partial charge is 0.490 e. The predicted octanol–water partition coefficient (Wildman–Crippen LogP) is 3.86. The third kappa shape index (κ3) is 6.01. The molecule has 12 nitrogen and oxygen atoms in total. The van der Waals surface area contributed by atoms with Crippen molar-refractivity contribution in [3.8, 4) is 5.75 Å². The number of amides is 3. The summed E-state index contributed by atoms with van der Waals surface area (Å²) in [7, 11) is 1.75. The van der Waals surface area contributed by atoms with Crippen LogP contribution < -0.4 is 26.4 Å². The quantitative estimate of drug-likeness (QED) is 0.256. The average Bonchev–Trinajstić information content (AvgIpc) is 3.68. The molecule has 2 aromatic heterocycles. The highest BCUT2D eigenvalue weighted by atomic mass is 16.5. The number of likely N-dealkylation sites (tertiary alicyclic amines) is 1. The van der Waals surface area contributed by atoms with Crippen molar-refractivity contribution in [3.63, 3.8) is 0 Å². The zero-order valence-electron chi connectivity index (χ0n) is 22.8. The Bertz CT molecular complexity index is 1550. The molecule has 41 heavy (non-hydrogen) atoms. The van der Waals surface area contributed by atoms with E-state index in [2.05, 4.69) is 43.0 Å². The highest BCUT2D eigenvalue weighted by Crippen LogP contribution is 2.28. The smallest absolute Gasteiger partial charge is 0.328 e. The van der Waals surface area contributed by atoms with Crippen LogP contribution in [0.2, 0.25) is 0 Å². The summed E-state index contributed by atoms with van der Waals surface area (Å²) in [6, 6.07) is 17.2. The molecule has 0 bridgehead atoms. The van der Waals surface area contributed by atoms with Gasteiger partial charge in [0.1, 0.15) is 18.2 Å². The van der Waals surface area contributed by atoms with Crippen molar-refractivity contribution in [3.05, 3.63) is 66.5 Å². The predicted molar refractivity (Wildman–Crippen MR) is 155 cm³/mol. The number of nitrogens with one attached hydrogen (secondary N) is 3. The third-order valence-corrected chi connectivity index (χ3v) is 7.41. The molecule has 6 rings (SSSR count). The number of piperidine rings is 1. The van der Waals surface area contributed by atoms with Gasteiger partial charge in [-0.25, -0.2) is 19.1 Å². The zero-order chi connectivity index (χ0) is 28.3. The van der Waals surface area contributed by atoms with E-state index < -0.39 is 6.03 Å². The van der Waals surface area contributed by atoms with E-state index >= 15 is 0 Å². The Morgan fingerprint density at radius 2 is 1.90 bits per heavy atom. The molecule has 1 aliphatic heterocycles. The van der Waals surface area contributed by atoms with Gasteiger partial charge in [-0.1, -0.05) is 36.4 Å². The van der Waals surface area contributed by atoms with Gasteiger partial charge in [0.25, 0.3) is 0 Å². The Balaban J connectivity index is 1.17. The minimum Gasteiger partial charge on any atom is -0.490 e. The average molecular weight is 556 g/mol. The number of rotatable bonds is 8. The number of hydrogen-bond acceptors (Lipinski definition) is 8. The second-order valence-corrected chi connectivity index (χ2v) is 10.4. The van der Waals surface area contributed by atoms with Crippen molar-refractivity contribution in [2.45, 2.75) is 50.3 Å². The number of aromatic nitrogens is 4. The Morgan fingerprint density at radius 3 is 2.66 bits per heavy atom. The molecule has 12 heteroatoms. The maximum atomic E-state index is 12.7. The van der Waals surface area contributed by atoms with Crippen molar-refractivity contribution < 1.29 is 14.3 Å². The summed E-state index contributed by atoms with van der Waals surface area (Å²) < 4.78 is 7.79. The van der Waals surface area contributed by atoms with Crippen molar-refractivity contribution in [2.75, 3.05) is 24.2 Å². The summed E-state index contributed by atoms with van der Waals surface area (Å²) in [5.74, 6) is 1.51. The maximum Gasteiger partial charge on any atom is 0.328 e. The number of hydrogen-bond donors (Lipinski definition) is 4. The Labute approximate surface area is 237 Å². The fourth-order valence-electron chi connectivity index (χ4n) is 5.21. The van der Waals surface area contributed by atoms with Gasteiger partial charge in [0.05, 0.1) is 0 Å². The van der Waals surface area contributed by atoms with E-state index in [1.807, 2.05) is 42.5 Å². The number of urea groups is 1. The summed E-state index contributed by atoms with van der Waals surface area (Å²) >= 11 is 0. The molecule has 3 amide bonds. The number of carbonyl (C=O) groups is 2. The van der Waals surface area contributed by atoms with Crippen LogP contribution in [0.5, 0.6) is 5.75 Å². The fourth-order valence-corrected chi connectivity index (χ4v) is 5.21. The van der Waals surface area contributed by atoms with Gasteiger partial charge in [-0.15, -0.1) is 0 Å². The van der Waals surface area contributed by atoms with E-state index in [-0.39, 0.29) is 24.2 Å². The molecule has 4 aromatic rings. The van der Waals surface area contributed by atoms with Gasteiger partial charge in [0.15, 0.2) is 17.0 Å². The molecule has 2 aromatic carbocycles. The van der Waals surface area contributed by atoms with E-state index in [1.165, 1.54) is 10.9 Å². The first-order valence-corrected chi connectivity index (χ1v) is 13.8. The zero-order valence-corrected chi connectivity index (χ0v) is 22.8. The van der Waals surface area contributed by atoms with Crippen molar-refractivity contribution >= 4 is 40.7 Å². The van der Waals surface area contributed by atoms with Crippen LogP contribution in [0.15, 0.2) is 60.9 Å². The number of nitrogens with zero attached hydrogens (tertiary/aromatic N) is 5. The van der Waals surface area contributed by atoms with Gasteiger partial charge < -0.3 is 31.3 Å². The molecule has 2 unspecified atom stereocenters. The van der Waals surface area contributed by atoms with Crippen LogP contribution in [0.1, 0.15) is 31.2 Å². The summed E-state index contributed by atoms with van der Waals surface area (Å²) in [5.41, 5.74) is 8.49. The van der Waals surface area contributed by atoms with Crippen LogP contribution in [-0.2, 0) is 6.42 Å². The Hall–Kier alpha value is -4.87. The van der Waals surface area contributed by atoms with Crippen LogP contribution in [0, 0.1) is 0 Å². The summed E-state index contributed by atoms with van der Waals surface area (Å²) in [4.78, 5) is 40.1. The van der Waals surface area contributed by atoms with Gasteiger partial charge in [-0.2, -0.15) is 9.97 Å². The van der Waals surface area contributed by atoms with Gasteiger partial charge >= 0.3 is 12.1 Å². The number of primary amides is 1. The van der Waals surface area contributed by atoms with Crippen molar-refractivity contribution in [2.24, 2.45) is 5.73 Å². The lowest BCUT2D eigenvalue weighted by molar-refractivity contribution is 0.0767. The first-order valence-electron chi connectivity index (χ1n) is 13.8. The van der Waals surface area contributed by atoms with Gasteiger partial charge in [0.2, 0.25) is 5.95 Å². The molecule has 212 valence electrons. The number of ether oxygens (including phenoxy) is 1. The van der Waals surface area contributed by atoms with E-state index in [1.54, 1.807) is 11.9 Å². The molecule has 0 spiro atoms. The number of fused-ring (bicyclic) bond motifs is 1. The van der Waals surface area contributed by atoms with Gasteiger partial charge in [-0.3, -0.25) is 0 Å². The minimum absolute atomic E-state index is 0.0444. The lowest BCUT2D eigenvalue weighted by Crippen LogP contribution is -2.51. The van der Waals surface area contributed by atoms with Crippen LogP contribution in [-0.4, -0.2) is 68.3 Å². The van der Waals surface area contributed by atoms with Crippen LogP contribution >= 0.6 is 0 Å². The Morgan fingerprint density at radius 1 is 1.07 bits per heavy atom. The van der Waals surface area contributed by atoms with E-state index in [9.17, 15) is 9.59 Å². The summed E-state index contributed by atoms with van der Waals surface area (Å²) in [5, 5.41) is 9.24. The highest BCUT2D eigenvalue weighted by molar-refractivity contribution is 5.92. The van der Waals surface area contributed by atoms with E-state index in [0.29, 0.717) is 54.5 Å². The van der Waals surface area contributed by atoms with Crippen LogP contribution in [0.3, 0.4) is 0 Å². The molecule has 5 N–H and O–H groups in total.